The number of hydrogen-bond acceptors (Lipinski definition) is 2. The lowest BCUT2D eigenvalue weighted by atomic mass is 9.56. The summed E-state index contributed by atoms with van der Waals surface area (Å²) in [6.07, 6.45) is 4.50. The molecule has 1 spiro atoms. The molecule has 3 aliphatic carbocycles. The first-order valence-electron chi connectivity index (χ1n) is 11.4. The van der Waals surface area contributed by atoms with E-state index in [9.17, 15) is 0 Å². The Kier molecular flexibility index (Phi) is 4.96. The van der Waals surface area contributed by atoms with Gasteiger partial charge in [0.1, 0.15) is 11.5 Å². The molecular weight excluding hydrogens is 528 g/mol. The Balaban J connectivity index is 1.63. The molecule has 164 valence electrons. The maximum atomic E-state index is 6.02. The van der Waals surface area contributed by atoms with Crippen LogP contribution in [0.5, 0.6) is 11.5 Å². The summed E-state index contributed by atoms with van der Waals surface area (Å²) in [6, 6.07) is 19.7. The molecule has 32 heavy (non-hydrogen) atoms. The lowest BCUT2D eigenvalue weighted by molar-refractivity contribution is 0.151. The van der Waals surface area contributed by atoms with Crippen LogP contribution >= 0.6 is 31.9 Å². The molecule has 3 aromatic rings. The molecule has 4 heteroatoms. The predicted octanol–water partition coefficient (Wildman–Crippen LogP) is 7.44. The van der Waals surface area contributed by atoms with E-state index in [0.717, 1.165) is 24.3 Å². The van der Waals surface area contributed by atoms with Gasteiger partial charge in [0.25, 0.3) is 0 Å². The van der Waals surface area contributed by atoms with E-state index in [2.05, 4.69) is 86.5 Å². The van der Waals surface area contributed by atoms with Gasteiger partial charge in [-0.1, -0.05) is 62.2 Å². The van der Waals surface area contributed by atoms with Crippen molar-refractivity contribution in [1.82, 2.24) is 0 Å². The number of benzene rings is 3. The summed E-state index contributed by atoms with van der Waals surface area (Å²) in [5, 5.41) is 0. The number of hydrogen-bond donors (Lipinski definition) is 0. The quantitative estimate of drug-likeness (QED) is 0.335. The monoisotopic (exact) mass is 552 g/mol. The molecule has 0 heterocycles. The summed E-state index contributed by atoms with van der Waals surface area (Å²) in [7, 11) is 3.62. The van der Waals surface area contributed by atoms with Crippen LogP contribution in [0.25, 0.3) is 0 Å². The van der Waals surface area contributed by atoms with Crippen LogP contribution in [0.2, 0.25) is 0 Å². The van der Waals surface area contributed by atoms with E-state index in [-0.39, 0.29) is 5.41 Å². The number of methoxy groups -OCH3 is 2. The van der Waals surface area contributed by atoms with Crippen molar-refractivity contribution in [1.29, 1.82) is 0 Å². The largest absolute Gasteiger partial charge is 0.496 e. The third-order valence-electron chi connectivity index (χ3n) is 8.30. The molecule has 0 bridgehead atoms. The molecule has 0 N–H and O–H groups in total. The average Bonchev–Trinajstić information content (AvgIpc) is 3.36. The zero-order valence-electron chi connectivity index (χ0n) is 18.3. The van der Waals surface area contributed by atoms with Crippen LogP contribution in [0.3, 0.4) is 0 Å². The third kappa shape index (κ3) is 2.69. The van der Waals surface area contributed by atoms with E-state index in [1.807, 2.05) is 14.2 Å². The molecule has 1 saturated carbocycles. The normalized spacial score (nSPS) is 27.3. The Bertz CT molecular complexity index is 1130. The summed E-state index contributed by atoms with van der Waals surface area (Å²) in [5.74, 6) is 3.64. The summed E-state index contributed by atoms with van der Waals surface area (Å²) in [5.41, 5.74) is 7.04. The predicted molar refractivity (Wildman–Crippen MR) is 135 cm³/mol. The van der Waals surface area contributed by atoms with Crippen LogP contribution in [-0.4, -0.2) is 14.2 Å². The minimum absolute atomic E-state index is 0.0693. The second kappa shape index (κ2) is 7.63. The fourth-order valence-corrected chi connectivity index (χ4v) is 8.24. The number of halogens is 2. The van der Waals surface area contributed by atoms with E-state index in [1.54, 1.807) is 0 Å². The average molecular weight is 554 g/mol. The molecule has 2 nitrogen and oxygen atoms in total. The number of rotatable bonds is 3. The molecule has 3 aromatic carbocycles. The van der Waals surface area contributed by atoms with E-state index in [0.29, 0.717) is 17.8 Å². The highest BCUT2D eigenvalue weighted by Crippen LogP contribution is 2.69. The molecule has 0 amide bonds. The minimum Gasteiger partial charge on any atom is -0.496 e. The number of ether oxygens (including phenoxy) is 2. The van der Waals surface area contributed by atoms with Crippen molar-refractivity contribution in [2.45, 2.75) is 37.0 Å². The SMILES string of the molecule is COc1ccc(Br)c2c1C13c4c(OC)ccc(Br)c4C[C@@H]1CC(c1ccccc1)C[C@H]3C2. The topological polar surface area (TPSA) is 18.5 Å². The Hall–Kier alpha value is -1.78. The smallest absolute Gasteiger partial charge is 0.123 e. The lowest BCUT2D eigenvalue weighted by Gasteiger charge is -2.47. The Morgan fingerprint density at radius 3 is 1.69 bits per heavy atom. The van der Waals surface area contributed by atoms with Gasteiger partial charge in [-0.05, 0) is 84.4 Å². The van der Waals surface area contributed by atoms with Gasteiger partial charge in [-0.2, -0.15) is 0 Å². The zero-order valence-corrected chi connectivity index (χ0v) is 21.5. The molecule has 0 radical (unpaired) electrons. The highest BCUT2D eigenvalue weighted by atomic mass is 79.9. The van der Waals surface area contributed by atoms with Gasteiger partial charge in [0, 0.05) is 25.5 Å². The molecule has 0 aromatic heterocycles. The summed E-state index contributed by atoms with van der Waals surface area (Å²) in [6.45, 7) is 0. The van der Waals surface area contributed by atoms with Gasteiger partial charge < -0.3 is 9.47 Å². The van der Waals surface area contributed by atoms with Crippen LogP contribution in [-0.2, 0) is 18.3 Å². The molecule has 0 aliphatic heterocycles. The van der Waals surface area contributed by atoms with Crippen molar-refractivity contribution >= 4 is 31.9 Å². The van der Waals surface area contributed by atoms with Crippen LogP contribution in [0.4, 0.5) is 0 Å². The van der Waals surface area contributed by atoms with Crippen molar-refractivity contribution in [3.05, 3.63) is 91.4 Å². The van der Waals surface area contributed by atoms with Crippen LogP contribution in [0.15, 0.2) is 63.5 Å². The summed E-state index contributed by atoms with van der Waals surface area (Å²) >= 11 is 7.78. The van der Waals surface area contributed by atoms with E-state index in [4.69, 9.17) is 9.47 Å². The molecule has 1 fully saturated rings. The van der Waals surface area contributed by atoms with Gasteiger partial charge in [-0.15, -0.1) is 0 Å². The molecule has 3 aliphatic rings. The van der Waals surface area contributed by atoms with Gasteiger partial charge >= 0.3 is 0 Å². The molecule has 2 atom stereocenters. The second-order valence-corrected chi connectivity index (χ2v) is 11.2. The van der Waals surface area contributed by atoms with E-state index < -0.39 is 0 Å². The number of fused-ring (bicyclic) bond motifs is 2. The Morgan fingerprint density at radius 1 is 0.719 bits per heavy atom. The maximum absolute atomic E-state index is 6.02. The van der Waals surface area contributed by atoms with Crippen molar-refractivity contribution in [3.8, 4) is 11.5 Å². The first-order chi connectivity index (χ1) is 15.6. The van der Waals surface area contributed by atoms with Gasteiger partial charge in [-0.25, -0.2) is 0 Å². The fraction of sp³-hybridized carbons (Fsp3) is 0.357. The van der Waals surface area contributed by atoms with Crippen molar-refractivity contribution < 1.29 is 9.47 Å². The van der Waals surface area contributed by atoms with E-state index >= 15 is 0 Å². The zero-order chi connectivity index (χ0) is 22.0. The van der Waals surface area contributed by atoms with Crippen molar-refractivity contribution in [2.75, 3.05) is 14.2 Å². The fourth-order valence-electron chi connectivity index (χ4n) is 7.26. The third-order valence-corrected chi connectivity index (χ3v) is 9.79. The summed E-state index contributed by atoms with van der Waals surface area (Å²) < 4.78 is 14.4. The highest BCUT2D eigenvalue weighted by Gasteiger charge is 2.62. The maximum Gasteiger partial charge on any atom is 0.123 e. The van der Waals surface area contributed by atoms with E-state index in [1.165, 1.54) is 49.6 Å². The Morgan fingerprint density at radius 2 is 1.22 bits per heavy atom. The Labute approximate surface area is 206 Å². The van der Waals surface area contributed by atoms with Crippen LogP contribution in [0.1, 0.15) is 46.6 Å². The first-order valence-corrected chi connectivity index (χ1v) is 12.9. The van der Waals surface area contributed by atoms with Gasteiger partial charge in [0.05, 0.1) is 14.2 Å². The molecule has 0 unspecified atom stereocenters. The standard InChI is InChI=1S/C28H26Br2O2/c1-31-24-10-8-22(29)20-14-18-12-17(16-6-4-3-5-7-16)13-19-15-21-23(30)9-11-25(32-2)27(21)28(18,19)26(20)24/h3-11,17-19H,12-15H2,1-2H3/t18-,19-,28?/m0/s1. The summed E-state index contributed by atoms with van der Waals surface area (Å²) in [4.78, 5) is 0. The molecule has 0 saturated heterocycles. The molecule has 6 rings (SSSR count). The van der Waals surface area contributed by atoms with Crippen molar-refractivity contribution in [2.24, 2.45) is 11.8 Å². The second-order valence-electron chi connectivity index (χ2n) is 9.46. The lowest BCUT2D eigenvalue weighted by Crippen LogP contribution is -2.43. The van der Waals surface area contributed by atoms with Gasteiger partial charge in [0.2, 0.25) is 0 Å². The van der Waals surface area contributed by atoms with Crippen LogP contribution in [0, 0.1) is 11.8 Å². The first kappa shape index (κ1) is 20.8. The van der Waals surface area contributed by atoms with Crippen LogP contribution < -0.4 is 9.47 Å². The van der Waals surface area contributed by atoms with Gasteiger partial charge in [-0.3, -0.25) is 0 Å². The van der Waals surface area contributed by atoms with Gasteiger partial charge in [0.15, 0.2) is 0 Å². The van der Waals surface area contributed by atoms with Crippen molar-refractivity contribution in [3.63, 3.8) is 0 Å². The molecular formula is C28H26Br2O2. The minimum atomic E-state index is -0.0693. The highest BCUT2D eigenvalue weighted by molar-refractivity contribution is 9.10.